The maximum Gasteiger partial charge on any atom is 0.193 e. The lowest BCUT2D eigenvalue weighted by atomic mass is 9.85. The first-order chi connectivity index (χ1) is 16.2. The van der Waals surface area contributed by atoms with Crippen molar-refractivity contribution < 1.29 is 9.36 Å². The highest BCUT2D eigenvalue weighted by Gasteiger charge is 2.25. The van der Waals surface area contributed by atoms with Gasteiger partial charge in [-0.2, -0.15) is 0 Å². The molecule has 0 bridgehead atoms. The Morgan fingerprint density at radius 3 is 2.12 bits per heavy atom. The van der Waals surface area contributed by atoms with Crippen LogP contribution < -0.4 is 0 Å². The van der Waals surface area contributed by atoms with E-state index in [1.165, 1.54) is 44.1 Å². The van der Waals surface area contributed by atoms with E-state index < -0.39 is 0 Å². The van der Waals surface area contributed by atoms with E-state index in [0.29, 0.717) is 11.1 Å². The van der Waals surface area contributed by atoms with Crippen LogP contribution in [0.4, 0.5) is 0 Å². The van der Waals surface area contributed by atoms with Gasteiger partial charge in [0.25, 0.3) is 0 Å². The Hall–Kier alpha value is -1.79. The van der Waals surface area contributed by atoms with Crippen LogP contribution in [0.5, 0.6) is 0 Å². The molecule has 2 aromatic carbocycles. The molecule has 0 aliphatic heterocycles. The Kier molecular flexibility index (Phi) is 11.7. The number of benzene rings is 2. The SMILES string of the molecule is CCCCCCC(C)CCCC(C)C(P=O)c1ccccc1C(=O)c1ccc(C(C)(C)C)cc1. The molecule has 3 unspecified atom stereocenters. The minimum Gasteiger partial charge on any atom is -0.289 e. The molecule has 186 valence electrons. The van der Waals surface area contributed by atoms with Crippen molar-refractivity contribution in [2.75, 3.05) is 0 Å². The van der Waals surface area contributed by atoms with Gasteiger partial charge < -0.3 is 0 Å². The zero-order valence-electron chi connectivity index (χ0n) is 22.3. The van der Waals surface area contributed by atoms with Gasteiger partial charge in [0.05, 0.1) is 5.66 Å². The minimum atomic E-state index is -0.158. The molecular formula is C31H45O2P. The van der Waals surface area contributed by atoms with Gasteiger partial charge in [-0.25, -0.2) is 0 Å². The van der Waals surface area contributed by atoms with Crippen LogP contribution in [0.1, 0.15) is 126 Å². The molecule has 0 saturated carbocycles. The van der Waals surface area contributed by atoms with Gasteiger partial charge in [-0.3, -0.25) is 9.36 Å². The van der Waals surface area contributed by atoms with Gasteiger partial charge in [-0.1, -0.05) is 135 Å². The van der Waals surface area contributed by atoms with Crippen molar-refractivity contribution in [3.05, 3.63) is 70.8 Å². The molecule has 2 aromatic rings. The van der Waals surface area contributed by atoms with Crippen LogP contribution in [-0.4, -0.2) is 5.78 Å². The summed E-state index contributed by atoms with van der Waals surface area (Å²) in [6.45, 7) is 13.3. The summed E-state index contributed by atoms with van der Waals surface area (Å²) in [6, 6.07) is 15.7. The number of rotatable bonds is 14. The van der Waals surface area contributed by atoms with Crippen molar-refractivity contribution in [1.29, 1.82) is 0 Å². The van der Waals surface area contributed by atoms with Crippen molar-refractivity contribution in [3.63, 3.8) is 0 Å². The fourth-order valence-corrected chi connectivity index (χ4v) is 5.41. The Morgan fingerprint density at radius 2 is 1.50 bits per heavy atom. The van der Waals surface area contributed by atoms with Crippen LogP contribution in [0, 0.1) is 11.8 Å². The van der Waals surface area contributed by atoms with Crippen molar-refractivity contribution in [1.82, 2.24) is 0 Å². The van der Waals surface area contributed by atoms with Crippen LogP contribution in [0.15, 0.2) is 48.5 Å². The lowest BCUT2D eigenvalue weighted by Crippen LogP contribution is -2.13. The third-order valence-corrected chi connectivity index (χ3v) is 8.11. The fraction of sp³-hybridized carbons (Fsp3) is 0.581. The fourth-order valence-electron chi connectivity index (χ4n) is 4.72. The number of carbonyl (C=O) groups excluding carboxylic acids is 1. The van der Waals surface area contributed by atoms with Crippen molar-refractivity contribution in [2.45, 2.75) is 104 Å². The molecule has 0 saturated heterocycles. The van der Waals surface area contributed by atoms with Gasteiger partial charge in [0.2, 0.25) is 0 Å². The van der Waals surface area contributed by atoms with Crippen LogP contribution in [-0.2, 0) is 9.98 Å². The first-order valence-corrected chi connectivity index (χ1v) is 14.1. The third-order valence-electron chi connectivity index (χ3n) is 7.10. The molecule has 0 fully saturated rings. The third kappa shape index (κ3) is 8.46. The van der Waals surface area contributed by atoms with Gasteiger partial charge in [0.15, 0.2) is 14.2 Å². The molecule has 0 heterocycles. The molecule has 0 radical (unpaired) electrons. The molecule has 0 aliphatic rings. The summed E-state index contributed by atoms with van der Waals surface area (Å²) in [5.41, 5.74) is 3.37. The smallest absolute Gasteiger partial charge is 0.193 e. The number of unbranched alkanes of at least 4 members (excludes halogenated alkanes) is 3. The maximum atomic E-state index is 13.4. The summed E-state index contributed by atoms with van der Waals surface area (Å²) in [4.78, 5) is 13.4. The van der Waals surface area contributed by atoms with E-state index in [0.717, 1.165) is 24.3 Å². The minimum absolute atomic E-state index is 0.0117. The molecule has 0 aromatic heterocycles. The highest BCUT2D eigenvalue weighted by atomic mass is 31.1. The van der Waals surface area contributed by atoms with Crippen molar-refractivity contribution >= 4 is 14.2 Å². The Morgan fingerprint density at radius 1 is 0.853 bits per heavy atom. The van der Waals surface area contributed by atoms with E-state index in [4.69, 9.17) is 0 Å². The quantitative estimate of drug-likeness (QED) is 0.153. The maximum absolute atomic E-state index is 13.4. The number of hydrogen-bond acceptors (Lipinski definition) is 2. The Labute approximate surface area is 210 Å². The lowest BCUT2D eigenvalue weighted by Gasteiger charge is -2.22. The van der Waals surface area contributed by atoms with Crippen molar-refractivity contribution in [3.8, 4) is 0 Å². The monoisotopic (exact) mass is 480 g/mol. The number of carbonyl (C=O) groups is 1. The second-order valence-corrected chi connectivity index (χ2v) is 11.9. The highest BCUT2D eigenvalue weighted by Crippen LogP contribution is 2.39. The van der Waals surface area contributed by atoms with E-state index in [2.05, 4.69) is 41.5 Å². The number of ketones is 1. The van der Waals surface area contributed by atoms with Gasteiger partial charge in [-0.05, 0) is 34.8 Å². The topological polar surface area (TPSA) is 34.1 Å². The van der Waals surface area contributed by atoms with Crippen LogP contribution in [0.25, 0.3) is 0 Å². The average Bonchev–Trinajstić information content (AvgIpc) is 2.82. The molecular weight excluding hydrogens is 435 g/mol. The van der Waals surface area contributed by atoms with E-state index >= 15 is 0 Å². The van der Waals surface area contributed by atoms with Gasteiger partial charge in [0.1, 0.15) is 0 Å². The van der Waals surface area contributed by atoms with Crippen molar-refractivity contribution in [2.24, 2.45) is 11.8 Å². The molecule has 0 aliphatic carbocycles. The molecule has 0 amide bonds. The van der Waals surface area contributed by atoms with Gasteiger partial charge in [0, 0.05) is 11.1 Å². The zero-order valence-corrected chi connectivity index (χ0v) is 23.2. The first-order valence-electron chi connectivity index (χ1n) is 13.3. The van der Waals surface area contributed by atoms with Crippen LogP contribution in [0.3, 0.4) is 0 Å². The van der Waals surface area contributed by atoms with E-state index in [-0.39, 0.29) is 31.2 Å². The van der Waals surface area contributed by atoms with E-state index in [1.807, 2.05) is 48.5 Å². The molecule has 3 heteroatoms. The standard InChI is InChI=1S/C31H45O2P/c1-7-8-9-10-14-23(2)15-13-16-24(3)30(34-33)28-18-12-11-17-27(28)29(32)25-19-21-26(22-20-25)31(4,5)6/h11-12,17-24,30H,7-10,13-16H2,1-6H3. The molecule has 2 rings (SSSR count). The predicted molar refractivity (Wildman–Crippen MR) is 146 cm³/mol. The number of hydrogen-bond donors (Lipinski definition) is 0. The Bertz CT molecular complexity index is 894. The summed E-state index contributed by atoms with van der Waals surface area (Å²) >= 11 is 0. The summed E-state index contributed by atoms with van der Waals surface area (Å²) in [5, 5.41) is 0. The summed E-state index contributed by atoms with van der Waals surface area (Å²) < 4.78 is 12.3. The summed E-state index contributed by atoms with van der Waals surface area (Å²) in [6.07, 6.45) is 10.0. The van der Waals surface area contributed by atoms with Gasteiger partial charge in [-0.15, -0.1) is 0 Å². The molecule has 3 atom stereocenters. The predicted octanol–water partition coefficient (Wildman–Crippen LogP) is 9.96. The normalized spacial score (nSPS) is 14.6. The van der Waals surface area contributed by atoms with E-state index in [9.17, 15) is 9.36 Å². The lowest BCUT2D eigenvalue weighted by molar-refractivity contribution is 0.103. The molecule has 34 heavy (non-hydrogen) atoms. The highest BCUT2D eigenvalue weighted by molar-refractivity contribution is 7.24. The molecule has 0 spiro atoms. The molecule has 2 nitrogen and oxygen atoms in total. The van der Waals surface area contributed by atoms with Gasteiger partial charge >= 0.3 is 0 Å². The average molecular weight is 481 g/mol. The summed E-state index contributed by atoms with van der Waals surface area (Å²) in [5.74, 6) is 1.01. The second kappa shape index (κ2) is 13.9. The first kappa shape index (κ1) is 28.4. The molecule has 0 N–H and O–H groups in total. The van der Waals surface area contributed by atoms with Crippen LogP contribution in [0.2, 0.25) is 0 Å². The largest absolute Gasteiger partial charge is 0.289 e. The van der Waals surface area contributed by atoms with Crippen LogP contribution >= 0.6 is 8.46 Å². The second-order valence-electron chi connectivity index (χ2n) is 11.2. The zero-order chi connectivity index (χ0) is 25.1. The van der Waals surface area contributed by atoms with E-state index in [1.54, 1.807) is 0 Å². The Balaban J connectivity index is 2.06. The summed E-state index contributed by atoms with van der Waals surface area (Å²) in [7, 11) is 0.0935.